The van der Waals surface area contributed by atoms with Gasteiger partial charge in [-0.25, -0.2) is 4.98 Å². The Labute approximate surface area is 110 Å². The van der Waals surface area contributed by atoms with Gasteiger partial charge in [0, 0.05) is 0 Å². The predicted octanol–water partition coefficient (Wildman–Crippen LogP) is 1.55. The molecule has 1 amide bonds. The van der Waals surface area contributed by atoms with Crippen LogP contribution in [0, 0.1) is 18.8 Å². The summed E-state index contributed by atoms with van der Waals surface area (Å²) in [6.45, 7) is 2.05. The molecular formula is C14H13N3O2. The van der Waals surface area contributed by atoms with Gasteiger partial charge in [-0.2, -0.15) is 0 Å². The zero-order chi connectivity index (χ0) is 13.7. The zero-order valence-corrected chi connectivity index (χ0v) is 10.4. The molecule has 96 valence electrons. The maximum Gasteiger partial charge on any atom is 0.260 e. The molecule has 0 unspecified atom stereocenters. The summed E-state index contributed by atoms with van der Waals surface area (Å²) in [5.41, 5.74) is 6.31. The molecular weight excluding hydrogens is 242 g/mol. The van der Waals surface area contributed by atoms with E-state index >= 15 is 0 Å². The third-order valence-electron chi connectivity index (χ3n) is 2.30. The number of nitrogens with one attached hydrogen (secondary N) is 1. The minimum atomic E-state index is -0.270. The number of furan rings is 1. The Kier molecular flexibility index (Phi) is 3.96. The maximum atomic E-state index is 11.9. The number of anilines is 1. The van der Waals surface area contributed by atoms with Gasteiger partial charge in [0.1, 0.15) is 23.5 Å². The fourth-order valence-corrected chi connectivity index (χ4v) is 1.47. The number of hydrogen-bond acceptors (Lipinski definition) is 4. The highest BCUT2D eigenvalue weighted by Crippen LogP contribution is 2.10. The van der Waals surface area contributed by atoms with Gasteiger partial charge < -0.3 is 15.5 Å². The quantitative estimate of drug-likeness (QED) is 0.798. The van der Waals surface area contributed by atoms with Crippen molar-refractivity contribution >= 4 is 11.7 Å². The van der Waals surface area contributed by atoms with Crippen molar-refractivity contribution in [3.05, 3.63) is 47.5 Å². The van der Waals surface area contributed by atoms with Gasteiger partial charge >= 0.3 is 0 Å². The first-order valence-electron chi connectivity index (χ1n) is 5.71. The summed E-state index contributed by atoms with van der Waals surface area (Å²) < 4.78 is 5.08. The highest BCUT2D eigenvalue weighted by molar-refractivity contribution is 6.03. The van der Waals surface area contributed by atoms with E-state index in [9.17, 15) is 4.79 Å². The number of nitrogens with zero attached hydrogens (tertiary/aromatic N) is 1. The first-order valence-corrected chi connectivity index (χ1v) is 5.71. The molecule has 5 heteroatoms. The molecule has 0 spiro atoms. The second-order valence-electron chi connectivity index (χ2n) is 3.81. The normalized spacial score (nSPS) is 9.58. The molecule has 19 heavy (non-hydrogen) atoms. The second kappa shape index (κ2) is 5.85. The molecule has 0 aliphatic heterocycles. The first-order chi connectivity index (χ1) is 9.19. The number of pyridine rings is 1. The Balaban J connectivity index is 2.13. The summed E-state index contributed by atoms with van der Waals surface area (Å²) in [5.74, 6) is 6.36. The SMILES string of the molecule is Cc1cc(C(=O)Nc2cccc(C#CCN)n2)co1. The zero-order valence-electron chi connectivity index (χ0n) is 10.4. The van der Waals surface area contributed by atoms with Crippen LogP contribution >= 0.6 is 0 Å². The molecule has 0 saturated carbocycles. The van der Waals surface area contributed by atoms with Crippen molar-refractivity contribution in [1.82, 2.24) is 4.98 Å². The smallest absolute Gasteiger partial charge is 0.260 e. The van der Waals surface area contributed by atoms with E-state index < -0.39 is 0 Å². The lowest BCUT2D eigenvalue weighted by molar-refractivity contribution is 0.102. The van der Waals surface area contributed by atoms with E-state index in [4.69, 9.17) is 10.2 Å². The van der Waals surface area contributed by atoms with Crippen LogP contribution in [-0.2, 0) is 0 Å². The summed E-state index contributed by atoms with van der Waals surface area (Å²) in [5, 5.41) is 2.68. The average Bonchev–Trinajstić information content (AvgIpc) is 2.83. The number of carbonyl (C=O) groups excluding carboxylic acids is 1. The highest BCUT2D eigenvalue weighted by Gasteiger charge is 2.09. The van der Waals surface area contributed by atoms with Crippen LogP contribution in [0.1, 0.15) is 21.8 Å². The summed E-state index contributed by atoms with van der Waals surface area (Å²) in [7, 11) is 0. The van der Waals surface area contributed by atoms with Crippen LogP contribution in [0.3, 0.4) is 0 Å². The van der Waals surface area contributed by atoms with Crippen molar-refractivity contribution in [3.8, 4) is 11.8 Å². The van der Waals surface area contributed by atoms with Crippen LogP contribution in [0.15, 0.2) is 34.9 Å². The molecule has 2 aromatic heterocycles. The van der Waals surface area contributed by atoms with Crippen LogP contribution in [0.4, 0.5) is 5.82 Å². The minimum Gasteiger partial charge on any atom is -0.469 e. The summed E-state index contributed by atoms with van der Waals surface area (Å²) >= 11 is 0. The Morgan fingerprint density at radius 2 is 2.37 bits per heavy atom. The standard InChI is InChI=1S/C14H13N3O2/c1-10-8-11(9-19-10)14(18)17-13-6-2-4-12(16-13)5-3-7-15/h2,4,6,8-9H,7,15H2,1H3,(H,16,17,18). The van der Waals surface area contributed by atoms with E-state index in [1.165, 1.54) is 6.26 Å². The molecule has 0 fully saturated rings. The molecule has 0 radical (unpaired) electrons. The van der Waals surface area contributed by atoms with Gasteiger partial charge in [-0.05, 0) is 31.0 Å². The lowest BCUT2D eigenvalue weighted by Gasteiger charge is -2.02. The van der Waals surface area contributed by atoms with Crippen molar-refractivity contribution < 1.29 is 9.21 Å². The van der Waals surface area contributed by atoms with E-state index in [1.54, 1.807) is 31.2 Å². The number of aromatic nitrogens is 1. The number of aryl methyl sites for hydroxylation is 1. The van der Waals surface area contributed by atoms with Gasteiger partial charge in [0.25, 0.3) is 5.91 Å². The van der Waals surface area contributed by atoms with E-state index in [1.807, 2.05) is 0 Å². The Bertz CT molecular complexity index is 650. The van der Waals surface area contributed by atoms with Crippen molar-refractivity contribution in [3.63, 3.8) is 0 Å². The molecule has 2 aromatic rings. The van der Waals surface area contributed by atoms with Crippen LogP contribution in [0.25, 0.3) is 0 Å². The van der Waals surface area contributed by atoms with Crippen molar-refractivity contribution in [1.29, 1.82) is 0 Å². The summed E-state index contributed by atoms with van der Waals surface area (Å²) in [6, 6.07) is 6.87. The number of nitrogens with two attached hydrogens (primary N) is 1. The van der Waals surface area contributed by atoms with Crippen LogP contribution in [-0.4, -0.2) is 17.4 Å². The van der Waals surface area contributed by atoms with Gasteiger partial charge in [0.2, 0.25) is 0 Å². The predicted molar refractivity (Wildman–Crippen MR) is 71.6 cm³/mol. The van der Waals surface area contributed by atoms with Crippen molar-refractivity contribution in [2.45, 2.75) is 6.92 Å². The molecule has 5 nitrogen and oxygen atoms in total. The lowest BCUT2D eigenvalue weighted by atomic mass is 10.3. The highest BCUT2D eigenvalue weighted by atomic mass is 16.3. The molecule has 0 aliphatic rings. The van der Waals surface area contributed by atoms with Crippen LogP contribution in [0.2, 0.25) is 0 Å². The van der Waals surface area contributed by atoms with Crippen molar-refractivity contribution in [2.24, 2.45) is 5.73 Å². The first kappa shape index (κ1) is 12.9. The van der Waals surface area contributed by atoms with Gasteiger partial charge in [-0.15, -0.1) is 0 Å². The molecule has 2 heterocycles. The number of hydrogen-bond donors (Lipinski definition) is 2. The van der Waals surface area contributed by atoms with Crippen LogP contribution in [0.5, 0.6) is 0 Å². The molecule has 0 aromatic carbocycles. The molecule has 3 N–H and O–H groups in total. The van der Waals surface area contributed by atoms with E-state index in [0.717, 1.165) is 0 Å². The maximum absolute atomic E-state index is 11.9. The average molecular weight is 255 g/mol. The summed E-state index contributed by atoms with van der Waals surface area (Å²) in [6.07, 6.45) is 1.41. The molecule has 0 atom stereocenters. The number of amides is 1. The fraction of sp³-hybridized carbons (Fsp3) is 0.143. The van der Waals surface area contributed by atoms with Gasteiger partial charge in [-0.1, -0.05) is 12.0 Å². The Hall–Kier alpha value is -2.58. The Morgan fingerprint density at radius 1 is 1.53 bits per heavy atom. The minimum absolute atomic E-state index is 0.270. The van der Waals surface area contributed by atoms with Gasteiger partial charge in [-0.3, -0.25) is 4.79 Å². The van der Waals surface area contributed by atoms with E-state index in [0.29, 0.717) is 22.8 Å². The topological polar surface area (TPSA) is 81.2 Å². The largest absolute Gasteiger partial charge is 0.469 e. The van der Waals surface area contributed by atoms with E-state index in [2.05, 4.69) is 22.1 Å². The monoisotopic (exact) mass is 255 g/mol. The molecule has 2 rings (SSSR count). The van der Waals surface area contributed by atoms with Gasteiger partial charge in [0.15, 0.2) is 0 Å². The third-order valence-corrected chi connectivity index (χ3v) is 2.30. The second-order valence-corrected chi connectivity index (χ2v) is 3.81. The molecule has 0 aliphatic carbocycles. The lowest BCUT2D eigenvalue weighted by Crippen LogP contribution is -2.12. The number of rotatable bonds is 2. The van der Waals surface area contributed by atoms with Crippen molar-refractivity contribution in [2.75, 3.05) is 11.9 Å². The number of carbonyl (C=O) groups is 1. The third kappa shape index (κ3) is 3.44. The van der Waals surface area contributed by atoms with Gasteiger partial charge in [0.05, 0.1) is 12.1 Å². The Morgan fingerprint density at radius 3 is 3.05 bits per heavy atom. The summed E-state index contributed by atoms with van der Waals surface area (Å²) in [4.78, 5) is 16.1. The molecule has 0 saturated heterocycles. The molecule has 0 bridgehead atoms. The van der Waals surface area contributed by atoms with Crippen LogP contribution < -0.4 is 11.1 Å². The fourth-order valence-electron chi connectivity index (χ4n) is 1.47. The van der Waals surface area contributed by atoms with E-state index in [-0.39, 0.29) is 12.5 Å².